The second kappa shape index (κ2) is 20.8. The van der Waals surface area contributed by atoms with Gasteiger partial charge in [-0.05, 0) is 29.7 Å². The normalized spacial score (nSPS) is 12.6. The molecule has 220 valence electrons. The zero-order valence-electron chi connectivity index (χ0n) is 25.6. The van der Waals surface area contributed by atoms with Crippen LogP contribution in [0.2, 0.25) is 0.386 Å². The van der Waals surface area contributed by atoms with Gasteiger partial charge in [0.25, 0.3) is 0 Å². The first-order valence-corrected chi connectivity index (χ1v) is 20.2. The molecule has 1 unspecified atom stereocenters. The number of carbonyl (C=O) groups is 1. The minimum atomic E-state index is -1.17. The molecule has 0 bridgehead atoms. The van der Waals surface area contributed by atoms with Crippen LogP contribution < -0.4 is 5.32 Å². The van der Waals surface area contributed by atoms with Crippen molar-refractivity contribution in [3.05, 3.63) is 71.8 Å². The van der Waals surface area contributed by atoms with Crippen LogP contribution >= 0.6 is 23.5 Å². The van der Waals surface area contributed by atoms with E-state index in [1.807, 2.05) is 18.9 Å². The Labute approximate surface area is 276 Å². The van der Waals surface area contributed by atoms with E-state index in [9.17, 15) is 4.79 Å². The standard InChI is InChI=1S/C32H48NO2S2.CH3O.Sr/c1-27(2)19-23-35-32(3,4)21-22-33-31(34)18-12-11-17-30(37-26-29-15-9-6-10-16-29)20-24-36-25-28-13-7-5-8-14-28;1-2;/h5-10,13-16,30H,11-12,17-26H2,1-4H3,(H,33,34);1H3;/q;-1;+1. The van der Waals surface area contributed by atoms with E-state index >= 15 is 0 Å². The number of ether oxygens (including phenoxy) is 1. The molecule has 0 saturated carbocycles. The second-order valence-electron chi connectivity index (χ2n) is 12.0. The van der Waals surface area contributed by atoms with Gasteiger partial charge < -0.3 is 0 Å². The number of amides is 1. The Morgan fingerprint density at radius 1 is 0.900 bits per heavy atom. The van der Waals surface area contributed by atoms with E-state index in [2.05, 4.69) is 105 Å². The average molecular weight is 662 g/mol. The van der Waals surface area contributed by atoms with Gasteiger partial charge in [0.05, 0.1) is 0 Å². The van der Waals surface area contributed by atoms with Crippen molar-refractivity contribution in [2.24, 2.45) is 0 Å². The molecule has 0 aliphatic carbocycles. The van der Waals surface area contributed by atoms with Gasteiger partial charge >= 0.3 is 149 Å². The third-order valence-electron chi connectivity index (χ3n) is 7.06. The van der Waals surface area contributed by atoms with E-state index in [1.54, 1.807) is 0 Å². The van der Waals surface area contributed by atoms with E-state index in [0.717, 1.165) is 43.8 Å². The number of hydrogen-bond acceptors (Lipinski definition) is 5. The Balaban J connectivity index is 1.64. The molecular formula is C33H51NO3S2Sr. The van der Waals surface area contributed by atoms with E-state index in [4.69, 9.17) is 5.22 Å². The molecule has 2 aromatic rings. The fourth-order valence-corrected chi connectivity index (χ4v) is 9.51. The van der Waals surface area contributed by atoms with Gasteiger partial charge in [-0.25, -0.2) is 0 Å². The molecule has 0 aromatic heterocycles. The predicted molar refractivity (Wildman–Crippen MR) is 176 cm³/mol. The Morgan fingerprint density at radius 3 is 2.20 bits per heavy atom. The number of hydrogen-bond donors (Lipinski definition) is 1. The summed E-state index contributed by atoms with van der Waals surface area (Å²) in [7, 11) is 1.84. The van der Waals surface area contributed by atoms with Crippen molar-refractivity contribution in [1.29, 1.82) is 0 Å². The van der Waals surface area contributed by atoms with Crippen molar-refractivity contribution in [2.75, 3.05) is 26.0 Å². The van der Waals surface area contributed by atoms with Crippen molar-refractivity contribution < 1.29 is 10.0 Å². The molecule has 4 nitrogen and oxygen atoms in total. The number of benzene rings is 2. The SMILES string of the molecule is C[O][Sr][C](C)(C)CCOC(C)(C)CCNC(=O)CCCCC(CCSCc1ccccc1)SCc1ccccc1. The van der Waals surface area contributed by atoms with Crippen LogP contribution in [0.15, 0.2) is 60.7 Å². The molecular weight excluding hydrogens is 610 g/mol. The molecule has 0 aliphatic heterocycles. The summed E-state index contributed by atoms with van der Waals surface area (Å²) in [6.07, 6.45) is 6.91. The van der Waals surface area contributed by atoms with Crippen LogP contribution in [0, 0.1) is 0 Å². The van der Waals surface area contributed by atoms with Gasteiger partial charge in [-0.2, -0.15) is 23.5 Å². The molecule has 2 aromatic carbocycles. The molecule has 0 radical (unpaired) electrons. The van der Waals surface area contributed by atoms with Crippen LogP contribution in [0.3, 0.4) is 0 Å². The summed E-state index contributed by atoms with van der Waals surface area (Å²) in [6, 6.07) is 21.5. The topological polar surface area (TPSA) is 47.6 Å². The van der Waals surface area contributed by atoms with Crippen LogP contribution in [0.5, 0.6) is 0 Å². The van der Waals surface area contributed by atoms with Crippen molar-refractivity contribution in [3.63, 3.8) is 0 Å². The molecule has 1 N–H and O–H groups in total. The van der Waals surface area contributed by atoms with Crippen LogP contribution in [-0.2, 0) is 21.5 Å². The number of carbonyl (C=O) groups excluding carboxylic acids is 1. The van der Waals surface area contributed by atoms with E-state index in [1.165, 1.54) is 29.7 Å². The summed E-state index contributed by atoms with van der Waals surface area (Å²) in [5, 5.41) is 3.75. The maximum atomic E-state index is 12.5. The average Bonchev–Trinajstić information content (AvgIpc) is 2.92. The zero-order chi connectivity index (χ0) is 29.1. The number of thioether (sulfide) groups is 2. The summed E-state index contributed by atoms with van der Waals surface area (Å²) in [5.41, 5.74) is 2.56. The molecule has 7 heteroatoms. The monoisotopic (exact) mass is 661 g/mol. The minimum absolute atomic E-state index is 0.165. The van der Waals surface area contributed by atoms with Crippen LogP contribution in [0.1, 0.15) is 83.8 Å². The number of rotatable bonds is 22. The molecule has 1 amide bonds. The first-order valence-electron chi connectivity index (χ1n) is 14.9. The van der Waals surface area contributed by atoms with Gasteiger partial charge in [0, 0.05) is 16.8 Å². The summed E-state index contributed by atoms with van der Waals surface area (Å²) in [5.74, 6) is 3.47. The van der Waals surface area contributed by atoms with Gasteiger partial charge in [0.15, 0.2) is 0 Å². The summed E-state index contributed by atoms with van der Waals surface area (Å²) >= 11 is 2.93. The van der Waals surface area contributed by atoms with Gasteiger partial charge in [-0.3, -0.25) is 0 Å². The summed E-state index contributed by atoms with van der Waals surface area (Å²) in [4.78, 5) is 12.5. The third kappa shape index (κ3) is 17.8. The van der Waals surface area contributed by atoms with Gasteiger partial charge in [0.1, 0.15) is 0 Å². The van der Waals surface area contributed by atoms with Crippen molar-refractivity contribution >= 4 is 71.1 Å². The molecule has 0 fully saturated rings. The molecule has 0 heterocycles. The van der Waals surface area contributed by atoms with Crippen molar-refractivity contribution in [3.8, 4) is 0 Å². The predicted octanol–water partition coefficient (Wildman–Crippen LogP) is 8.33. The minimum Gasteiger partial charge on any atom is -0.157 e. The first-order chi connectivity index (χ1) is 19.2. The molecule has 40 heavy (non-hydrogen) atoms. The van der Waals surface area contributed by atoms with E-state index in [-0.39, 0.29) is 11.5 Å². The van der Waals surface area contributed by atoms with Crippen molar-refractivity contribution in [2.45, 2.75) is 95.4 Å². The first kappa shape index (κ1) is 36.2. The summed E-state index contributed by atoms with van der Waals surface area (Å²) in [6.45, 7) is 10.2. The smallest absolute Gasteiger partial charge is 0.157 e. The third-order valence-corrected chi connectivity index (χ3v) is 13.1. The fourth-order valence-electron chi connectivity index (χ4n) is 4.47. The van der Waals surface area contributed by atoms with Crippen LogP contribution in [0.4, 0.5) is 0 Å². The van der Waals surface area contributed by atoms with Gasteiger partial charge in [-0.1, -0.05) is 60.7 Å². The number of nitrogens with one attached hydrogen (secondary N) is 1. The Hall–Kier alpha value is 0.0105. The molecule has 1 atom stereocenters. The van der Waals surface area contributed by atoms with E-state index in [0.29, 0.717) is 18.6 Å². The molecule has 0 aliphatic rings. The molecule has 0 spiro atoms. The van der Waals surface area contributed by atoms with Crippen LogP contribution in [0.25, 0.3) is 0 Å². The summed E-state index contributed by atoms with van der Waals surface area (Å²) < 4.78 is 12.0. The Morgan fingerprint density at radius 2 is 1.55 bits per heavy atom. The number of unbranched alkanes of at least 4 members (excludes halogenated alkanes) is 1. The van der Waals surface area contributed by atoms with Gasteiger partial charge in [0.2, 0.25) is 0 Å². The maximum absolute atomic E-state index is 12.5. The Kier molecular flexibility index (Phi) is 18.9. The zero-order valence-corrected chi connectivity index (χ0v) is 30.7. The van der Waals surface area contributed by atoms with Crippen molar-refractivity contribution in [1.82, 2.24) is 5.32 Å². The van der Waals surface area contributed by atoms with E-state index < -0.39 is 41.7 Å². The molecule has 2 rings (SSSR count). The fraction of sp³-hybridized carbons (Fsp3) is 0.606. The van der Waals surface area contributed by atoms with Gasteiger partial charge in [-0.15, -0.1) is 0 Å². The molecule has 0 saturated heterocycles. The Bertz CT molecular complexity index is 928. The van der Waals surface area contributed by atoms with Crippen LogP contribution in [-0.4, -0.2) is 84.4 Å². The quantitative estimate of drug-likeness (QED) is 0.102. The second-order valence-corrected chi connectivity index (χ2v) is 21.3.